The van der Waals surface area contributed by atoms with Crippen LogP contribution in [0, 0.1) is 5.92 Å². The van der Waals surface area contributed by atoms with Crippen molar-refractivity contribution in [2.45, 2.75) is 19.8 Å². The quantitative estimate of drug-likeness (QED) is 0.901. The molecule has 6 heteroatoms. The summed E-state index contributed by atoms with van der Waals surface area (Å²) in [6.07, 6.45) is 2.13. The first-order chi connectivity index (χ1) is 11.5. The van der Waals surface area contributed by atoms with Gasteiger partial charge in [0.15, 0.2) is 0 Å². The van der Waals surface area contributed by atoms with Crippen molar-refractivity contribution in [3.8, 4) is 0 Å². The van der Waals surface area contributed by atoms with Crippen molar-refractivity contribution >= 4 is 17.6 Å². The van der Waals surface area contributed by atoms with E-state index in [0.29, 0.717) is 30.3 Å². The number of benzene rings is 1. The van der Waals surface area contributed by atoms with Gasteiger partial charge in [0.1, 0.15) is 0 Å². The molecule has 1 N–H and O–H groups in total. The second-order valence-electron chi connectivity index (χ2n) is 6.40. The Hall–Kier alpha value is -2.08. The summed E-state index contributed by atoms with van der Waals surface area (Å²) in [5.74, 6) is 0.763. The van der Waals surface area contributed by atoms with Crippen LogP contribution in [-0.4, -0.2) is 62.1 Å². The largest absolute Gasteiger partial charge is 0.383 e. The fourth-order valence-electron chi connectivity index (χ4n) is 2.64. The number of ether oxygens (including phenoxy) is 1. The number of methoxy groups -OCH3 is 1. The summed E-state index contributed by atoms with van der Waals surface area (Å²) >= 11 is 0. The Balaban J connectivity index is 1.90. The van der Waals surface area contributed by atoms with Gasteiger partial charge in [-0.1, -0.05) is 6.92 Å². The van der Waals surface area contributed by atoms with Crippen molar-refractivity contribution in [1.29, 1.82) is 0 Å². The smallest absolute Gasteiger partial charge is 0.321 e. The summed E-state index contributed by atoms with van der Waals surface area (Å²) in [4.78, 5) is 27.9. The Bertz CT molecular complexity index is 551. The minimum atomic E-state index is -0.198. The Morgan fingerprint density at radius 3 is 2.46 bits per heavy atom. The molecule has 2 rings (SSSR count). The van der Waals surface area contributed by atoms with Crippen molar-refractivity contribution in [2.75, 3.05) is 45.7 Å². The molecule has 0 unspecified atom stereocenters. The van der Waals surface area contributed by atoms with Gasteiger partial charge in [-0.2, -0.15) is 0 Å². The van der Waals surface area contributed by atoms with Gasteiger partial charge in [-0.25, -0.2) is 4.79 Å². The van der Waals surface area contributed by atoms with Crippen LogP contribution in [0.1, 0.15) is 30.1 Å². The molecule has 1 saturated heterocycles. The third kappa shape index (κ3) is 4.96. The lowest BCUT2D eigenvalue weighted by molar-refractivity contribution is 0.0697. The van der Waals surface area contributed by atoms with Gasteiger partial charge in [0, 0.05) is 45.0 Å². The monoisotopic (exact) mass is 333 g/mol. The maximum absolute atomic E-state index is 12.5. The van der Waals surface area contributed by atoms with Crippen LogP contribution in [0.5, 0.6) is 0 Å². The Labute approximate surface area is 143 Å². The third-order valence-corrected chi connectivity index (χ3v) is 4.43. The molecular formula is C18H27N3O3. The van der Waals surface area contributed by atoms with E-state index in [2.05, 4.69) is 12.2 Å². The summed E-state index contributed by atoms with van der Waals surface area (Å²) < 4.78 is 4.96. The van der Waals surface area contributed by atoms with Crippen LogP contribution in [0.3, 0.4) is 0 Å². The highest BCUT2D eigenvalue weighted by molar-refractivity contribution is 5.95. The molecule has 6 nitrogen and oxygen atoms in total. The van der Waals surface area contributed by atoms with E-state index in [0.717, 1.165) is 25.9 Å². The fourth-order valence-corrected chi connectivity index (χ4v) is 2.64. The number of urea groups is 1. The fraction of sp³-hybridized carbons (Fsp3) is 0.556. The SMILES string of the molecule is COCCN(C)C(=O)Nc1ccc(C(=O)N2CCC(C)CC2)cc1. The number of likely N-dealkylation sites (N-methyl/N-ethyl adjacent to an activating group) is 1. The molecule has 24 heavy (non-hydrogen) atoms. The zero-order valence-electron chi connectivity index (χ0n) is 14.7. The van der Waals surface area contributed by atoms with Gasteiger partial charge in [-0.3, -0.25) is 4.79 Å². The number of hydrogen-bond donors (Lipinski definition) is 1. The molecule has 132 valence electrons. The Morgan fingerprint density at radius 2 is 1.88 bits per heavy atom. The summed E-state index contributed by atoms with van der Waals surface area (Å²) in [5.41, 5.74) is 1.34. The lowest BCUT2D eigenvalue weighted by Crippen LogP contribution is -2.37. The lowest BCUT2D eigenvalue weighted by atomic mass is 9.98. The number of likely N-dealkylation sites (tertiary alicyclic amines) is 1. The first kappa shape index (κ1) is 18.3. The molecule has 1 aliphatic heterocycles. The van der Waals surface area contributed by atoms with Crippen molar-refractivity contribution < 1.29 is 14.3 Å². The molecule has 1 aliphatic rings. The second kappa shape index (κ2) is 8.68. The average Bonchev–Trinajstić information content (AvgIpc) is 2.60. The molecular weight excluding hydrogens is 306 g/mol. The van der Waals surface area contributed by atoms with Gasteiger partial charge >= 0.3 is 6.03 Å². The van der Waals surface area contributed by atoms with Crippen molar-refractivity contribution in [1.82, 2.24) is 9.80 Å². The van der Waals surface area contributed by atoms with E-state index in [1.54, 1.807) is 43.3 Å². The normalized spacial score (nSPS) is 15.2. The highest BCUT2D eigenvalue weighted by Crippen LogP contribution is 2.19. The van der Waals surface area contributed by atoms with Crippen LogP contribution >= 0.6 is 0 Å². The maximum Gasteiger partial charge on any atom is 0.321 e. The number of anilines is 1. The van der Waals surface area contributed by atoms with Crippen LogP contribution in [0.25, 0.3) is 0 Å². The average molecular weight is 333 g/mol. The van der Waals surface area contributed by atoms with E-state index >= 15 is 0 Å². The van der Waals surface area contributed by atoms with E-state index in [1.165, 1.54) is 0 Å². The summed E-state index contributed by atoms with van der Waals surface area (Å²) in [7, 11) is 3.31. The number of nitrogens with one attached hydrogen (secondary N) is 1. The maximum atomic E-state index is 12.5. The molecule has 0 aliphatic carbocycles. The molecule has 0 bridgehead atoms. The number of piperidine rings is 1. The zero-order chi connectivity index (χ0) is 17.5. The lowest BCUT2D eigenvalue weighted by Gasteiger charge is -2.30. The van der Waals surface area contributed by atoms with Crippen LogP contribution in [0.2, 0.25) is 0 Å². The standard InChI is InChI=1S/C18H27N3O3/c1-14-8-10-21(11-9-14)17(22)15-4-6-16(7-5-15)19-18(23)20(2)12-13-24-3/h4-7,14H,8-13H2,1-3H3,(H,19,23). The van der Waals surface area contributed by atoms with E-state index in [1.807, 2.05) is 4.90 Å². The summed E-state index contributed by atoms with van der Waals surface area (Å²) in [6, 6.07) is 6.87. The molecule has 0 atom stereocenters. The number of amides is 3. The molecule has 0 aromatic heterocycles. The molecule has 1 aromatic carbocycles. The minimum Gasteiger partial charge on any atom is -0.383 e. The predicted molar refractivity (Wildman–Crippen MR) is 94.3 cm³/mol. The molecule has 1 heterocycles. The Morgan fingerprint density at radius 1 is 1.25 bits per heavy atom. The van der Waals surface area contributed by atoms with Gasteiger partial charge in [-0.15, -0.1) is 0 Å². The van der Waals surface area contributed by atoms with Crippen LogP contribution in [0.4, 0.5) is 10.5 Å². The van der Waals surface area contributed by atoms with E-state index in [4.69, 9.17) is 4.74 Å². The van der Waals surface area contributed by atoms with E-state index in [-0.39, 0.29) is 11.9 Å². The second-order valence-corrected chi connectivity index (χ2v) is 6.40. The predicted octanol–water partition coefficient (Wildman–Crippen LogP) is 2.67. The topological polar surface area (TPSA) is 61.9 Å². The number of carbonyl (C=O) groups excluding carboxylic acids is 2. The number of nitrogens with zero attached hydrogens (tertiary/aromatic N) is 2. The third-order valence-electron chi connectivity index (χ3n) is 4.43. The first-order valence-corrected chi connectivity index (χ1v) is 8.41. The number of carbonyl (C=O) groups is 2. The van der Waals surface area contributed by atoms with Crippen LogP contribution < -0.4 is 5.32 Å². The number of hydrogen-bond acceptors (Lipinski definition) is 3. The van der Waals surface area contributed by atoms with Gasteiger partial charge in [0.25, 0.3) is 5.91 Å². The first-order valence-electron chi connectivity index (χ1n) is 8.41. The van der Waals surface area contributed by atoms with Crippen LogP contribution in [-0.2, 0) is 4.74 Å². The van der Waals surface area contributed by atoms with E-state index < -0.39 is 0 Å². The van der Waals surface area contributed by atoms with Crippen molar-refractivity contribution in [2.24, 2.45) is 5.92 Å². The van der Waals surface area contributed by atoms with Gasteiger partial charge < -0.3 is 19.9 Å². The summed E-state index contributed by atoms with van der Waals surface area (Å²) in [5, 5.41) is 2.81. The Kier molecular flexibility index (Phi) is 6.61. The van der Waals surface area contributed by atoms with Gasteiger partial charge in [0.05, 0.1) is 6.61 Å². The highest BCUT2D eigenvalue weighted by atomic mass is 16.5. The highest BCUT2D eigenvalue weighted by Gasteiger charge is 2.21. The van der Waals surface area contributed by atoms with Crippen molar-refractivity contribution in [3.63, 3.8) is 0 Å². The summed E-state index contributed by atoms with van der Waals surface area (Å²) in [6.45, 7) is 4.88. The van der Waals surface area contributed by atoms with Gasteiger partial charge in [0.2, 0.25) is 0 Å². The molecule has 1 aromatic rings. The zero-order valence-corrected chi connectivity index (χ0v) is 14.7. The van der Waals surface area contributed by atoms with Crippen molar-refractivity contribution in [3.05, 3.63) is 29.8 Å². The molecule has 0 radical (unpaired) electrons. The minimum absolute atomic E-state index is 0.0667. The molecule has 3 amide bonds. The number of rotatable bonds is 5. The molecule has 0 saturated carbocycles. The molecule has 1 fully saturated rings. The van der Waals surface area contributed by atoms with E-state index in [9.17, 15) is 9.59 Å². The van der Waals surface area contributed by atoms with Gasteiger partial charge in [-0.05, 0) is 43.0 Å². The molecule has 0 spiro atoms. The van der Waals surface area contributed by atoms with Crippen LogP contribution in [0.15, 0.2) is 24.3 Å².